The largest absolute Gasteiger partial charge is 0.493 e. The molecule has 0 fully saturated rings. The highest BCUT2D eigenvalue weighted by Gasteiger charge is 2.16. The van der Waals surface area contributed by atoms with E-state index in [2.05, 4.69) is 30.0 Å². The van der Waals surface area contributed by atoms with E-state index < -0.39 is 0 Å². The van der Waals surface area contributed by atoms with Crippen LogP contribution < -0.4 is 4.74 Å². The second-order valence-electron chi connectivity index (χ2n) is 5.55. The Balaban J connectivity index is 2.12. The Labute approximate surface area is 124 Å². The van der Waals surface area contributed by atoms with Gasteiger partial charge < -0.3 is 4.74 Å². The summed E-state index contributed by atoms with van der Waals surface area (Å²) in [6.07, 6.45) is 3.70. The summed E-state index contributed by atoms with van der Waals surface area (Å²) < 4.78 is 7.77. The lowest BCUT2D eigenvalue weighted by Gasteiger charge is -2.12. The van der Waals surface area contributed by atoms with Gasteiger partial charge in [-0.3, -0.25) is 0 Å². The number of hydrogen-bond donors (Lipinski definition) is 0. The molecule has 3 rings (SSSR count). The van der Waals surface area contributed by atoms with Crippen molar-refractivity contribution in [1.82, 2.24) is 14.6 Å². The van der Waals surface area contributed by atoms with Crippen LogP contribution in [0.5, 0.6) is 5.75 Å². The van der Waals surface area contributed by atoms with Crippen molar-refractivity contribution in [3.05, 3.63) is 48.4 Å². The molecule has 0 aliphatic carbocycles. The quantitative estimate of drug-likeness (QED) is 0.731. The number of rotatable bonds is 4. The van der Waals surface area contributed by atoms with Crippen LogP contribution in [0, 0.1) is 12.8 Å². The van der Waals surface area contributed by atoms with Gasteiger partial charge in [0.2, 0.25) is 0 Å². The van der Waals surface area contributed by atoms with E-state index in [1.54, 1.807) is 6.20 Å². The first-order chi connectivity index (χ1) is 10.2. The van der Waals surface area contributed by atoms with E-state index >= 15 is 0 Å². The van der Waals surface area contributed by atoms with Crippen molar-refractivity contribution in [2.45, 2.75) is 20.8 Å². The maximum absolute atomic E-state index is 5.96. The molecule has 0 saturated carbocycles. The smallest absolute Gasteiger partial charge is 0.163 e. The maximum Gasteiger partial charge on any atom is 0.163 e. The Kier molecular flexibility index (Phi) is 3.60. The van der Waals surface area contributed by atoms with Crippen LogP contribution in [0.3, 0.4) is 0 Å². The molecule has 0 atom stereocenters. The molecule has 21 heavy (non-hydrogen) atoms. The van der Waals surface area contributed by atoms with Crippen LogP contribution in [0.4, 0.5) is 0 Å². The molecule has 3 aromatic rings. The van der Waals surface area contributed by atoms with Crippen molar-refractivity contribution >= 4 is 5.65 Å². The van der Waals surface area contributed by atoms with Gasteiger partial charge in [-0.05, 0) is 25.0 Å². The molecule has 0 saturated heterocycles. The fourth-order valence-electron chi connectivity index (χ4n) is 2.37. The summed E-state index contributed by atoms with van der Waals surface area (Å²) in [5.74, 6) is 1.37. The molecule has 4 nitrogen and oxygen atoms in total. The van der Waals surface area contributed by atoms with Crippen LogP contribution in [0.2, 0.25) is 0 Å². The summed E-state index contributed by atoms with van der Waals surface area (Å²) in [6, 6.07) is 9.96. The number of aromatic nitrogens is 3. The number of nitrogens with zero attached hydrogens (tertiary/aromatic N) is 3. The van der Waals surface area contributed by atoms with E-state index in [-0.39, 0.29) is 0 Å². The van der Waals surface area contributed by atoms with Crippen molar-refractivity contribution in [2.24, 2.45) is 5.92 Å². The number of benzene rings is 1. The van der Waals surface area contributed by atoms with Crippen molar-refractivity contribution in [3.8, 4) is 16.9 Å². The minimum Gasteiger partial charge on any atom is -0.493 e. The summed E-state index contributed by atoms with van der Waals surface area (Å²) in [7, 11) is 0. The zero-order valence-corrected chi connectivity index (χ0v) is 12.6. The van der Waals surface area contributed by atoms with Gasteiger partial charge in [0.1, 0.15) is 5.75 Å². The number of fused-ring (bicyclic) bond motifs is 1. The first-order valence-corrected chi connectivity index (χ1v) is 7.19. The zero-order valence-electron chi connectivity index (χ0n) is 12.6. The maximum atomic E-state index is 5.96. The third-order valence-corrected chi connectivity index (χ3v) is 3.30. The van der Waals surface area contributed by atoms with Crippen LogP contribution in [0.15, 0.2) is 42.7 Å². The lowest BCUT2D eigenvalue weighted by Crippen LogP contribution is -2.05. The third-order valence-electron chi connectivity index (χ3n) is 3.30. The SMILES string of the molecule is Cc1nn2cccnc2c1-c1ccccc1OCC(C)C. The van der Waals surface area contributed by atoms with Gasteiger partial charge >= 0.3 is 0 Å². The van der Waals surface area contributed by atoms with Crippen molar-refractivity contribution in [3.63, 3.8) is 0 Å². The molecule has 0 N–H and O–H groups in total. The summed E-state index contributed by atoms with van der Waals surface area (Å²) in [5.41, 5.74) is 3.89. The molecular formula is C17H19N3O. The highest BCUT2D eigenvalue weighted by atomic mass is 16.5. The number of hydrogen-bond acceptors (Lipinski definition) is 3. The second-order valence-corrected chi connectivity index (χ2v) is 5.55. The van der Waals surface area contributed by atoms with Crippen LogP contribution in [0.1, 0.15) is 19.5 Å². The predicted molar refractivity (Wildman–Crippen MR) is 83.5 cm³/mol. The molecule has 4 heteroatoms. The molecule has 0 bridgehead atoms. The van der Waals surface area contributed by atoms with Crippen LogP contribution >= 0.6 is 0 Å². The van der Waals surface area contributed by atoms with E-state index in [4.69, 9.17) is 4.74 Å². The minimum absolute atomic E-state index is 0.487. The van der Waals surface area contributed by atoms with Gasteiger partial charge in [0.25, 0.3) is 0 Å². The number of para-hydroxylation sites is 1. The van der Waals surface area contributed by atoms with E-state index in [9.17, 15) is 0 Å². The Hall–Kier alpha value is -2.36. The standard InChI is InChI=1S/C17H19N3O/c1-12(2)11-21-15-8-5-4-7-14(15)16-13(3)19-20-10-6-9-18-17(16)20/h4-10,12H,11H2,1-3H3. The fraction of sp³-hybridized carbons (Fsp3) is 0.294. The lowest BCUT2D eigenvalue weighted by atomic mass is 10.1. The minimum atomic E-state index is 0.487. The van der Waals surface area contributed by atoms with Gasteiger partial charge in [-0.15, -0.1) is 0 Å². The first-order valence-electron chi connectivity index (χ1n) is 7.19. The van der Waals surface area contributed by atoms with E-state index in [1.807, 2.05) is 41.9 Å². The summed E-state index contributed by atoms with van der Waals surface area (Å²) >= 11 is 0. The topological polar surface area (TPSA) is 39.4 Å². The highest BCUT2D eigenvalue weighted by Crippen LogP contribution is 2.34. The molecule has 108 valence electrons. The van der Waals surface area contributed by atoms with E-state index in [0.717, 1.165) is 28.2 Å². The van der Waals surface area contributed by atoms with Crippen LogP contribution in [-0.4, -0.2) is 21.2 Å². The van der Waals surface area contributed by atoms with Gasteiger partial charge in [-0.1, -0.05) is 32.0 Å². The Morgan fingerprint density at radius 1 is 1.19 bits per heavy atom. The summed E-state index contributed by atoms with van der Waals surface area (Å²) in [4.78, 5) is 4.46. The number of aryl methyl sites for hydroxylation is 1. The fourth-order valence-corrected chi connectivity index (χ4v) is 2.37. The average molecular weight is 281 g/mol. The van der Waals surface area contributed by atoms with Crippen LogP contribution in [-0.2, 0) is 0 Å². The predicted octanol–water partition coefficient (Wildman–Crippen LogP) is 3.74. The Bertz CT molecular complexity index is 762. The van der Waals surface area contributed by atoms with Crippen molar-refractivity contribution < 1.29 is 4.74 Å². The van der Waals surface area contributed by atoms with Crippen molar-refractivity contribution in [2.75, 3.05) is 6.61 Å². The van der Waals surface area contributed by atoms with Gasteiger partial charge in [0, 0.05) is 18.0 Å². The van der Waals surface area contributed by atoms with Gasteiger partial charge in [0.05, 0.1) is 17.9 Å². The molecule has 0 amide bonds. The first kappa shape index (κ1) is 13.6. The monoisotopic (exact) mass is 281 g/mol. The zero-order chi connectivity index (χ0) is 14.8. The number of ether oxygens (including phenoxy) is 1. The lowest BCUT2D eigenvalue weighted by molar-refractivity contribution is 0.272. The molecule has 1 aromatic carbocycles. The molecular weight excluding hydrogens is 262 g/mol. The normalized spacial score (nSPS) is 11.2. The van der Waals surface area contributed by atoms with Gasteiger partial charge in [-0.25, -0.2) is 9.50 Å². The highest BCUT2D eigenvalue weighted by molar-refractivity contribution is 5.83. The molecule has 0 aliphatic heterocycles. The summed E-state index contributed by atoms with van der Waals surface area (Å²) in [5, 5.41) is 4.52. The molecule has 0 radical (unpaired) electrons. The van der Waals surface area contributed by atoms with Gasteiger partial charge in [-0.2, -0.15) is 5.10 Å². The Morgan fingerprint density at radius 3 is 2.81 bits per heavy atom. The molecule has 0 aliphatic rings. The molecule has 2 heterocycles. The van der Waals surface area contributed by atoms with E-state index in [0.29, 0.717) is 12.5 Å². The van der Waals surface area contributed by atoms with Crippen LogP contribution in [0.25, 0.3) is 16.8 Å². The second kappa shape index (κ2) is 5.56. The third kappa shape index (κ3) is 2.61. The van der Waals surface area contributed by atoms with E-state index in [1.165, 1.54) is 0 Å². The van der Waals surface area contributed by atoms with Gasteiger partial charge in [0.15, 0.2) is 5.65 Å². The van der Waals surface area contributed by atoms with Crippen molar-refractivity contribution in [1.29, 1.82) is 0 Å². The average Bonchev–Trinajstić information content (AvgIpc) is 2.81. The Morgan fingerprint density at radius 2 is 2.00 bits per heavy atom. The molecule has 0 spiro atoms. The summed E-state index contributed by atoms with van der Waals surface area (Å²) in [6.45, 7) is 6.99. The molecule has 2 aromatic heterocycles. The molecule has 0 unspecified atom stereocenters.